The lowest BCUT2D eigenvalue weighted by Crippen LogP contribution is -2.33. The predicted molar refractivity (Wildman–Crippen MR) is 130 cm³/mol. The number of fused-ring (bicyclic) bond motifs is 1. The summed E-state index contributed by atoms with van der Waals surface area (Å²) in [4.78, 5) is 30.5. The van der Waals surface area contributed by atoms with Crippen molar-refractivity contribution >= 4 is 27.5 Å². The molecule has 0 radical (unpaired) electrons. The minimum atomic E-state index is -0.343. The van der Waals surface area contributed by atoms with Crippen LogP contribution in [0.25, 0.3) is 27.0 Å². The average Bonchev–Trinajstić information content (AvgIpc) is 3.53. The Balaban J connectivity index is 1.24. The van der Waals surface area contributed by atoms with Crippen LogP contribution < -0.4 is 10.9 Å². The number of thiophene rings is 1. The summed E-state index contributed by atoms with van der Waals surface area (Å²) in [5.74, 6) is -0.612. The van der Waals surface area contributed by atoms with Gasteiger partial charge < -0.3 is 5.32 Å². The van der Waals surface area contributed by atoms with Gasteiger partial charge in [-0.15, -0.1) is 11.3 Å². The van der Waals surface area contributed by atoms with Crippen LogP contribution in [0.15, 0.2) is 83.5 Å². The third kappa shape index (κ3) is 4.51. The van der Waals surface area contributed by atoms with Gasteiger partial charge in [-0.2, -0.15) is 5.10 Å². The van der Waals surface area contributed by atoms with Gasteiger partial charge in [-0.3, -0.25) is 14.2 Å². The summed E-state index contributed by atoms with van der Waals surface area (Å²) in [6.45, 7) is 0.322. The van der Waals surface area contributed by atoms with E-state index in [-0.39, 0.29) is 23.8 Å². The number of amides is 1. The lowest BCUT2D eigenvalue weighted by atomic mass is 10.1. The fraction of sp³-hybridized carbons (Fsp3) is 0.120. The Morgan fingerprint density at radius 2 is 1.88 bits per heavy atom. The number of halogens is 1. The fourth-order valence-corrected chi connectivity index (χ4v) is 4.62. The number of nitrogens with one attached hydrogen (secondary N) is 1. The van der Waals surface area contributed by atoms with Crippen LogP contribution in [0, 0.1) is 5.82 Å². The smallest absolute Gasteiger partial charge is 0.263 e. The molecule has 170 valence electrons. The van der Waals surface area contributed by atoms with E-state index in [4.69, 9.17) is 0 Å². The molecule has 3 heterocycles. The van der Waals surface area contributed by atoms with Crippen LogP contribution in [0.5, 0.6) is 0 Å². The molecule has 7 nitrogen and oxygen atoms in total. The van der Waals surface area contributed by atoms with Gasteiger partial charge in [0.25, 0.3) is 5.56 Å². The molecule has 5 aromatic rings. The average molecular weight is 474 g/mol. The topological polar surface area (TPSA) is 81.8 Å². The maximum absolute atomic E-state index is 13.3. The summed E-state index contributed by atoms with van der Waals surface area (Å²) in [6, 6.07) is 15.8. The number of carbonyl (C=O) groups excluding carboxylic acids is 1. The Kier molecular flexibility index (Phi) is 6.01. The molecule has 34 heavy (non-hydrogen) atoms. The first kappa shape index (κ1) is 21.7. The van der Waals surface area contributed by atoms with Gasteiger partial charge in [0, 0.05) is 29.9 Å². The lowest BCUT2D eigenvalue weighted by molar-refractivity contribution is -0.121. The molecule has 9 heteroatoms. The third-order valence-corrected chi connectivity index (χ3v) is 6.36. The second-order valence-electron chi connectivity index (χ2n) is 7.73. The minimum absolute atomic E-state index is 0.126. The van der Waals surface area contributed by atoms with Crippen LogP contribution in [0.1, 0.15) is 5.56 Å². The highest BCUT2D eigenvalue weighted by molar-refractivity contribution is 7.17. The van der Waals surface area contributed by atoms with Gasteiger partial charge in [0.2, 0.25) is 5.91 Å². The van der Waals surface area contributed by atoms with Crippen molar-refractivity contribution in [1.29, 1.82) is 0 Å². The first-order valence-electron chi connectivity index (χ1n) is 10.7. The zero-order valence-corrected chi connectivity index (χ0v) is 18.8. The normalized spacial score (nSPS) is 11.1. The largest absolute Gasteiger partial charge is 0.354 e. The quantitative estimate of drug-likeness (QED) is 0.390. The Bertz CT molecular complexity index is 1490. The van der Waals surface area contributed by atoms with Crippen LogP contribution in [0.2, 0.25) is 0 Å². The molecule has 0 unspecified atom stereocenters. The zero-order chi connectivity index (χ0) is 23.5. The summed E-state index contributed by atoms with van der Waals surface area (Å²) in [5.41, 5.74) is 3.17. The standard InChI is InChI=1S/C25H20FN5O2S/c26-19-6-4-18(5-7-19)21-15-34-24-23(21)25(33)30(16-28-24)14-22(32)27-12-10-17-2-8-20(9-3-17)31-13-1-11-29-31/h1-9,11,13,15-16H,10,12,14H2,(H,27,32). The van der Waals surface area contributed by atoms with E-state index in [2.05, 4.69) is 15.4 Å². The molecule has 0 bridgehead atoms. The van der Waals surface area contributed by atoms with E-state index in [1.807, 2.05) is 41.9 Å². The molecule has 0 aliphatic heterocycles. The lowest BCUT2D eigenvalue weighted by Gasteiger charge is -2.08. The van der Waals surface area contributed by atoms with Gasteiger partial charge >= 0.3 is 0 Å². The molecule has 0 aliphatic carbocycles. The van der Waals surface area contributed by atoms with Gasteiger partial charge in [0.05, 0.1) is 17.4 Å². The summed E-state index contributed by atoms with van der Waals surface area (Å²) >= 11 is 1.34. The Morgan fingerprint density at radius 3 is 2.62 bits per heavy atom. The SMILES string of the molecule is O=C(Cn1cnc2scc(-c3ccc(F)cc3)c2c1=O)NCCc1ccc(-n2cccn2)cc1. The summed E-state index contributed by atoms with van der Waals surface area (Å²) in [6.07, 6.45) is 5.66. The van der Waals surface area contributed by atoms with Gasteiger partial charge in [0.15, 0.2) is 0 Å². The monoisotopic (exact) mass is 473 g/mol. The molecule has 1 N–H and O–H groups in total. The highest BCUT2D eigenvalue weighted by Gasteiger charge is 2.15. The Morgan fingerprint density at radius 1 is 1.09 bits per heavy atom. The highest BCUT2D eigenvalue weighted by atomic mass is 32.1. The second-order valence-corrected chi connectivity index (χ2v) is 8.59. The molecular weight excluding hydrogens is 453 g/mol. The number of carbonyl (C=O) groups is 1. The molecule has 0 spiro atoms. The van der Waals surface area contributed by atoms with Gasteiger partial charge in [-0.1, -0.05) is 24.3 Å². The molecule has 0 saturated heterocycles. The van der Waals surface area contributed by atoms with Crippen LogP contribution in [-0.4, -0.2) is 31.8 Å². The Labute approximate surface area is 198 Å². The van der Waals surface area contributed by atoms with Crippen molar-refractivity contribution in [1.82, 2.24) is 24.6 Å². The number of hydrogen-bond donors (Lipinski definition) is 1. The summed E-state index contributed by atoms with van der Waals surface area (Å²) in [7, 11) is 0. The third-order valence-electron chi connectivity index (χ3n) is 5.47. The molecule has 0 saturated carbocycles. The van der Waals surface area contributed by atoms with Crippen LogP contribution in [0.3, 0.4) is 0 Å². The molecule has 1 amide bonds. The Hall–Kier alpha value is -4.11. The molecule has 0 aliphatic rings. The molecule has 0 atom stereocenters. The molecule has 5 rings (SSSR count). The van der Waals surface area contributed by atoms with Crippen molar-refractivity contribution < 1.29 is 9.18 Å². The van der Waals surface area contributed by atoms with Crippen molar-refractivity contribution in [2.24, 2.45) is 0 Å². The number of rotatable bonds is 7. The minimum Gasteiger partial charge on any atom is -0.354 e. The molecule has 2 aromatic carbocycles. The van der Waals surface area contributed by atoms with Crippen molar-refractivity contribution in [3.63, 3.8) is 0 Å². The molecular formula is C25H20FN5O2S. The number of hydrogen-bond acceptors (Lipinski definition) is 5. The second kappa shape index (κ2) is 9.40. The van der Waals surface area contributed by atoms with Crippen molar-refractivity contribution in [3.8, 4) is 16.8 Å². The number of benzene rings is 2. The number of aromatic nitrogens is 4. The van der Waals surface area contributed by atoms with Gasteiger partial charge in [0.1, 0.15) is 17.2 Å². The summed E-state index contributed by atoms with van der Waals surface area (Å²) < 4.78 is 16.4. The van der Waals surface area contributed by atoms with E-state index in [0.29, 0.717) is 28.7 Å². The van der Waals surface area contributed by atoms with Crippen LogP contribution >= 0.6 is 11.3 Å². The number of nitrogens with zero attached hydrogens (tertiary/aromatic N) is 4. The van der Waals surface area contributed by atoms with E-state index in [0.717, 1.165) is 16.8 Å². The van der Waals surface area contributed by atoms with E-state index < -0.39 is 0 Å². The van der Waals surface area contributed by atoms with Crippen LogP contribution in [0.4, 0.5) is 4.39 Å². The van der Waals surface area contributed by atoms with Crippen molar-refractivity contribution in [3.05, 3.63) is 100 Å². The van der Waals surface area contributed by atoms with Crippen molar-refractivity contribution in [2.75, 3.05) is 6.54 Å². The maximum Gasteiger partial charge on any atom is 0.263 e. The zero-order valence-electron chi connectivity index (χ0n) is 18.0. The van der Waals surface area contributed by atoms with E-state index in [1.165, 1.54) is 34.4 Å². The van der Waals surface area contributed by atoms with E-state index in [9.17, 15) is 14.0 Å². The van der Waals surface area contributed by atoms with Gasteiger partial charge in [-0.05, 0) is 47.9 Å². The van der Waals surface area contributed by atoms with Crippen molar-refractivity contribution in [2.45, 2.75) is 13.0 Å². The molecule has 3 aromatic heterocycles. The first-order valence-corrected chi connectivity index (χ1v) is 11.5. The highest BCUT2D eigenvalue weighted by Crippen LogP contribution is 2.30. The fourth-order valence-electron chi connectivity index (χ4n) is 3.72. The predicted octanol–water partition coefficient (Wildman–Crippen LogP) is 3.81. The maximum atomic E-state index is 13.3. The summed E-state index contributed by atoms with van der Waals surface area (Å²) in [5, 5.41) is 9.32. The van der Waals surface area contributed by atoms with E-state index >= 15 is 0 Å². The first-order chi connectivity index (χ1) is 16.6. The van der Waals surface area contributed by atoms with E-state index in [1.54, 1.807) is 23.0 Å². The van der Waals surface area contributed by atoms with Gasteiger partial charge in [-0.25, -0.2) is 14.1 Å². The molecule has 0 fully saturated rings. The van der Waals surface area contributed by atoms with Crippen LogP contribution in [-0.2, 0) is 17.8 Å².